The lowest BCUT2D eigenvalue weighted by atomic mass is 10.1. The molecule has 3 fully saturated rings. The smallest absolute Gasteiger partial charge is 0.408 e. The van der Waals surface area contributed by atoms with Crippen molar-refractivity contribution in [3.63, 3.8) is 0 Å². The third kappa shape index (κ3) is 5.44. The molecule has 0 spiro atoms. The quantitative estimate of drug-likeness (QED) is 0.611. The Morgan fingerprint density at radius 3 is 2.81 bits per heavy atom. The van der Waals surface area contributed by atoms with E-state index in [2.05, 4.69) is 16.2 Å². The second-order valence-electron chi connectivity index (χ2n) is 10.6. The third-order valence-corrected chi connectivity index (χ3v) is 6.87. The van der Waals surface area contributed by atoms with Crippen molar-refractivity contribution in [3.8, 4) is 6.07 Å². The first kappa shape index (κ1) is 25.5. The summed E-state index contributed by atoms with van der Waals surface area (Å²) >= 11 is 0. The molecular formula is C26H32N6O4. The number of nitriles is 1. The molecule has 10 heteroatoms. The lowest BCUT2D eigenvalue weighted by Gasteiger charge is -2.36. The van der Waals surface area contributed by atoms with E-state index in [0.29, 0.717) is 38.2 Å². The standard InChI is InChI=1S/C26H32N6O4/c1-26(2,3)36-25(35)29-21(23(33)31-10-6-9-19(31)13-27)16-30-15-20-12-22(30)24(34)32(20)14-17-7-5-8-18(11-17)28-4/h5,7-8,11,19-22H,6,9-10,12,14-16H2,1-3H3,(H,29,35)/t19-,20-,21-,22-/m0/s1. The van der Waals surface area contributed by atoms with Gasteiger partial charge in [-0.05, 0) is 45.6 Å². The Bertz CT molecular complexity index is 1120. The first-order chi connectivity index (χ1) is 17.1. The largest absolute Gasteiger partial charge is 0.444 e. The number of alkyl carbamates (subject to hydrolysis) is 1. The lowest BCUT2D eigenvalue weighted by molar-refractivity contribution is -0.140. The van der Waals surface area contributed by atoms with Crippen LogP contribution < -0.4 is 5.32 Å². The topological polar surface area (TPSA) is 110 Å². The summed E-state index contributed by atoms with van der Waals surface area (Å²) in [6.07, 6.45) is 1.29. The first-order valence-corrected chi connectivity index (χ1v) is 12.3. The zero-order valence-electron chi connectivity index (χ0n) is 20.9. The number of amides is 3. The van der Waals surface area contributed by atoms with E-state index in [0.717, 1.165) is 12.0 Å². The molecule has 3 saturated heterocycles. The minimum atomic E-state index is -0.926. The molecule has 0 unspecified atom stereocenters. The highest BCUT2D eigenvalue weighted by Gasteiger charge is 2.50. The van der Waals surface area contributed by atoms with E-state index in [4.69, 9.17) is 11.3 Å². The summed E-state index contributed by atoms with van der Waals surface area (Å²) in [5.74, 6) is -0.341. The van der Waals surface area contributed by atoms with Gasteiger partial charge in [0.15, 0.2) is 5.69 Å². The zero-order valence-corrected chi connectivity index (χ0v) is 20.9. The van der Waals surface area contributed by atoms with Crippen LogP contribution in [0.25, 0.3) is 4.85 Å². The molecule has 4 atom stereocenters. The van der Waals surface area contributed by atoms with Crippen LogP contribution >= 0.6 is 0 Å². The summed E-state index contributed by atoms with van der Waals surface area (Å²) in [5, 5.41) is 12.2. The summed E-state index contributed by atoms with van der Waals surface area (Å²) in [7, 11) is 0. The van der Waals surface area contributed by atoms with Gasteiger partial charge in [-0.3, -0.25) is 14.5 Å². The molecule has 3 aliphatic rings. The summed E-state index contributed by atoms with van der Waals surface area (Å²) < 4.78 is 5.38. The molecule has 3 amide bonds. The highest BCUT2D eigenvalue weighted by atomic mass is 16.6. The van der Waals surface area contributed by atoms with E-state index in [1.54, 1.807) is 32.9 Å². The fourth-order valence-corrected chi connectivity index (χ4v) is 5.30. The molecule has 3 heterocycles. The second-order valence-corrected chi connectivity index (χ2v) is 10.6. The number of nitrogens with one attached hydrogen (secondary N) is 1. The van der Waals surface area contributed by atoms with Crippen LogP contribution in [0.5, 0.6) is 0 Å². The predicted octanol–water partition coefficient (Wildman–Crippen LogP) is 2.43. The van der Waals surface area contributed by atoms with Crippen LogP contribution in [0, 0.1) is 17.9 Å². The van der Waals surface area contributed by atoms with E-state index < -0.39 is 23.8 Å². The molecule has 0 aromatic heterocycles. The maximum Gasteiger partial charge on any atom is 0.408 e. The molecule has 190 valence electrons. The summed E-state index contributed by atoms with van der Waals surface area (Å²) in [6.45, 7) is 14.1. The molecule has 1 N–H and O–H groups in total. The zero-order chi connectivity index (χ0) is 26.0. The molecular weight excluding hydrogens is 460 g/mol. The Morgan fingerprint density at radius 1 is 1.36 bits per heavy atom. The monoisotopic (exact) mass is 492 g/mol. The van der Waals surface area contributed by atoms with E-state index >= 15 is 0 Å². The number of benzene rings is 1. The Labute approximate surface area is 211 Å². The maximum atomic E-state index is 13.4. The number of likely N-dealkylation sites (tertiary alicyclic amines) is 3. The second kappa shape index (κ2) is 10.2. The van der Waals surface area contributed by atoms with Crippen molar-refractivity contribution in [2.24, 2.45) is 0 Å². The average Bonchev–Trinajstić information content (AvgIpc) is 3.53. The third-order valence-electron chi connectivity index (χ3n) is 6.87. The molecule has 4 rings (SSSR count). The fraction of sp³-hybridized carbons (Fsp3) is 0.577. The van der Waals surface area contributed by atoms with Gasteiger partial charge in [0.2, 0.25) is 11.8 Å². The van der Waals surface area contributed by atoms with Crippen LogP contribution in [0.15, 0.2) is 24.3 Å². The Hall–Kier alpha value is -3.63. The van der Waals surface area contributed by atoms with Gasteiger partial charge >= 0.3 is 6.09 Å². The van der Waals surface area contributed by atoms with Gasteiger partial charge in [0.05, 0.1) is 18.7 Å². The number of ether oxygens (including phenoxy) is 1. The van der Waals surface area contributed by atoms with Crippen molar-refractivity contribution in [1.29, 1.82) is 5.26 Å². The minimum Gasteiger partial charge on any atom is -0.444 e. The highest BCUT2D eigenvalue weighted by Crippen LogP contribution is 2.34. The summed E-state index contributed by atoms with van der Waals surface area (Å²) in [4.78, 5) is 48.0. The van der Waals surface area contributed by atoms with Crippen LogP contribution in [-0.4, -0.2) is 82.0 Å². The maximum absolute atomic E-state index is 13.4. The van der Waals surface area contributed by atoms with Gasteiger partial charge in [-0.1, -0.05) is 24.3 Å². The Kier molecular flexibility index (Phi) is 7.18. The van der Waals surface area contributed by atoms with E-state index in [9.17, 15) is 19.6 Å². The van der Waals surface area contributed by atoms with Crippen molar-refractivity contribution in [2.75, 3.05) is 19.6 Å². The predicted molar refractivity (Wildman–Crippen MR) is 131 cm³/mol. The SMILES string of the molecule is [C-]#[N+]c1cccc(CN2C(=O)[C@@H]3C[C@H]2CN3C[C@H](NC(=O)OC(C)(C)C)C(=O)N2CCC[C@H]2C#N)c1. The van der Waals surface area contributed by atoms with Crippen molar-refractivity contribution in [3.05, 3.63) is 41.2 Å². The number of hydrogen-bond donors (Lipinski definition) is 1. The number of rotatable bonds is 6. The van der Waals surface area contributed by atoms with Crippen LogP contribution in [0.2, 0.25) is 0 Å². The average molecular weight is 493 g/mol. The number of carbonyl (C=O) groups is 3. The van der Waals surface area contributed by atoms with Crippen LogP contribution in [0.3, 0.4) is 0 Å². The normalized spacial score (nSPS) is 24.4. The van der Waals surface area contributed by atoms with Crippen LogP contribution in [-0.2, 0) is 20.9 Å². The molecule has 1 aromatic rings. The van der Waals surface area contributed by atoms with Gasteiger partial charge in [0.25, 0.3) is 0 Å². The number of carbonyl (C=O) groups excluding carboxylic acids is 3. The number of fused-ring (bicyclic) bond motifs is 2. The van der Waals surface area contributed by atoms with Crippen LogP contribution in [0.4, 0.5) is 10.5 Å². The van der Waals surface area contributed by atoms with Gasteiger partial charge < -0.3 is 19.9 Å². The molecule has 1 aromatic carbocycles. The molecule has 0 aliphatic carbocycles. The highest BCUT2D eigenvalue weighted by molar-refractivity contribution is 5.88. The fourth-order valence-electron chi connectivity index (χ4n) is 5.30. The lowest BCUT2D eigenvalue weighted by Crippen LogP contribution is -2.58. The number of piperazine rings is 1. The van der Waals surface area contributed by atoms with Gasteiger partial charge in [-0.15, -0.1) is 0 Å². The van der Waals surface area contributed by atoms with Gasteiger partial charge in [0.1, 0.15) is 17.7 Å². The first-order valence-electron chi connectivity index (χ1n) is 12.3. The van der Waals surface area contributed by atoms with Gasteiger partial charge in [-0.2, -0.15) is 5.26 Å². The summed E-state index contributed by atoms with van der Waals surface area (Å²) in [6, 6.07) is 7.62. The van der Waals surface area contributed by atoms with E-state index in [-0.39, 0.29) is 30.4 Å². The van der Waals surface area contributed by atoms with Gasteiger partial charge in [-0.25, -0.2) is 9.64 Å². The van der Waals surface area contributed by atoms with E-state index in [1.807, 2.05) is 21.9 Å². The van der Waals surface area contributed by atoms with Gasteiger partial charge in [0, 0.05) is 32.2 Å². The number of nitrogens with zero attached hydrogens (tertiary/aromatic N) is 5. The van der Waals surface area contributed by atoms with Crippen LogP contribution in [0.1, 0.15) is 45.6 Å². The molecule has 2 bridgehead atoms. The van der Waals surface area contributed by atoms with Crippen molar-refractivity contribution in [1.82, 2.24) is 20.0 Å². The van der Waals surface area contributed by atoms with Crippen molar-refractivity contribution < 1.29 is 19.1 Å². The van der Waals surface area contributed by atoms with Crippen molar-refractivity contribution in [2.45, 2.75) is 76.3 Å². The molecule has 0 saturated carbocycles. The summed E-state index contributed by atoms with van der Waals surface area (Å²) in [5.41, 5.74) is 0.721. The Balaban J connectivity index is 1.45. The van der Waals surface area contributed by atoms with Crippen molar-refractivity contribution >= 4 is 23.6 Å². The molecule has 36 heavy (non-hydrogen) atoms. The Morgan fingerprint density at radius 2 is 2.14 bits per heavy atom. The number of hydrogen-bond acceptors (Lipinski definition) is 6. The molecule has 10 nitrogen and oxygen atoms in total. The minimum absolute atomic E-state index is 0.00461. The molecule has 3 aliphatic heterocycles. The van der Waals surface area contributed by atoms with E-state index in [1.165, 1.54) is 4.90 Å². The molecule has 0 radical (unpaired) electrons.